The second kappa shape index (κ2) is 4.61. The third-order valence-electron chi connectivity index (χ3n) is 1.12. The normalized spacial score (nSPS) is 8.25. The molecule has 0 aliphatic carbocycles. The van der Waals surface area contributed by atoms with E-state index in [0.29, 0.717) is 0 Å². The Labute approximate surface area is 50.4 Å². The molecular formula is C7H12O. The maximum Gasteiger partial charge on any atom is 0.123 e. The van der Waals surface area contributed by atoms with Crippen LogP contribution in [0.15, 0.2) is 5.57 Å². The Morgan fingerprint density at radius 3 is 2.25 bits per heavy atom. The first-order chi connectivity index (χ1) is 3.85. The molecule has 0 atom stereocenters. The van der Waals surface area contributed by atoms with Crippen molar-refractivity contribution in [2.75, 3.05) is 0 Å². The van der Waals surface area contributed by atoms with Crippen molar-refractivity contribution in [3.05, 3.63) is 5.57 Å². The Morgan fingerprint density at radius 1 is 1.50 bits per heavy atom. The van der Waals surface area contributed by atoms with Gasteiger partial charge in [0.2, 0.25) is 0 Å². The highest BCUT2D eigenvalue weighted by Crippen LogP contribution is 2.03. The van der Waals surface area contributed by atoms with Gasteiger partial charge >= 0.3 is 0 Å². The Balaban J connectivity index is 3.55. The Morgan fingerprint density at radius 2 is 2.12 bits per heavy atom. The van der Waals surface area contributed by atoms with Gasteiger partial charge < -0.3 is 0 Å². The van der Waals surface area contributed by atoms with Crippen LogP contribution in [-0.4, -0.2) is 5.94 Å². The molecule has 0 fully saturated rings. The number of hydrogen-bond donors (Lipinski definition) is 0. The van der Waals surface area contributed by atoms with Crippen molar-refractivity contribution in [2.24, 2.45) is 0 Å². The first kappa shape index (κ1) is 7.45. The van der Waals surface area contributed by atoms with Gasteiger partial charge in [-0.25, -0.2) is 4.79 Å². The number of carbonyl (C=O) groups excluding carboxylic acids is 1. The minimum absolute atomic E-state index is 0.858. The number of allylic oxidation sites excluding steroid dienone is 1. The summed E-state index contributed by atoms with van der Waals surface area (Å²) in [5.41, 5.74) is 0.910. The standard InChI is InChI=1S/C7H12O/c1-3-5-7(4-2)6-8/h3-5H2,1-2H3. The molecule has 0 aliphatic rings. The van der Waals surface area contributed by atoms with Gasteiger partial charge in [-0.05, 0) is 12.8 Å². The summed E-state index contributed by atoms with van der Waals surface area (Å²) in [5.74, 6) is 1.92. The molecule has 0 bridgehead atoms. The Hall–Kier alpha value is -0.550. The molecule has 0 saturated carbocycles. The zero-order valence-electron chi connectivity index (χ0n) is 5.53. The van der Waals surface area contributed by atoms with Crippen LogP contribution in [0.25, 0.3) is 0 Å². The summed E-state index contributed by atoms with van der Waals surface area (Å²) in [4.78, 5) is 9.96. The lowest BCUT2D eigenvalue weighted by atomic mass is 10.1. The highest BCUT2D eigenvalue weighted by Gasteiger charge is 1.89. The molecule has 1 nitrogen and oxygen atoms in total. The zero-order valence-corrected chi connectivity index (χ0v) is 5.53. The molecule has 1 heteroatoms. The summed E-state index contributed by atoms with van der Waals surface area (Å²) in [5, 5.41) is 0. The third-order valence-corrected chi connectivity index (χ3v) is 1.12. The van der Waals surface area contributed by atoms with Gasteiger partial charge in [-0.2, -0.15) is 0 Å². The molecule has 0 spiro atoms. The number of hydrogen-bond acceptors (Lipinski definition) is 1. The van der Waals surface area contributed by atoms with E-state index in [1.54, 1.807) is 0 Å². The van der Waals surface area contributed by atoms with E-state index in [9.17, 15) is 4.79 Å². The molecule has 0 heterocycles. The van der Waals surface area contributed by atoms with Crippen LogP contribution < -0.4 is 0 Å². The van der Waals surface area contributed by atoms with E-state index in [1.165, 1.54) is 0 Å². The second-order valence-corrected chi connectivity index (χ2v) is 1.81. The van der Waals surface area contributed by atoms with Gasteiger partial charge in [-0.1, -0.05) is 20.3 Å². The van der Waals surface area contributed by atoms with E-state index >= 15 is 0 Å². The van der Waals surface area contributed by atoms with Crippen molar-refractivity contribution in [2.45, 2.75) is 33.1 Å². The first-order valence-corrected chi connectivity index (χ1v) is 3.08. The van der Waals surface area contributed by atoms with Crippen molar-refractivity contribution in [1.29, 1.82) is 0 Å². The fraction of sp³-hybridized carbons (Fsp3) is 0.714. The largest absolute Gasteiger partial charge is 0.234 e. The molecule has 46 valence electrons. The number of rotatable bonds is 3. The molecule has 0 N–H and O–H groups in total. The maximum atomic E-state index is 9.96. The summed E-state index contributed by atoms with van der Waals surface area (Å²) in [7, 11) is 0. The fourth-order valence-electron chi connectivity index (χ4n) is 0.602. The van der Waals surface area contributed by atoms with Gasteiger partial charge in [0.15, 0.2) is 0 Å². The van der Waals surface area contributed by atoms with E-state index in [2.05, 4.69) is 6.92 Å². The molecule has 0 aromatic heterocycles. The van der Waals surface area contributed by atoms with Gasteiger partial charge in [0, 0.05) is 5.57 Å². The predicted molar refractivity (Wildman–Crippen MR) is 34.4 cm³/mol. The average molecular weight is 112 g/mol. The second-order valence-electron chi connectivity index (χ2n) is 1.81. The molecule has 0 saturated heterocycles. The highest BCUT2D eigenvalue weighted by atomic mass is 16.1. The van der Waals surface area contributed by atoms with Crippen LogP contribution in [0.4, 0.5) is 0 Å². The van der Waals surface area contributed by atoms with E-state index in [4.69, 9.17) is 0 Å². The molecular weight excluding hydrogens is 100 g/mol. The highest BCUT2D eigenvalue weighted by molar-refractivity contribution is 5.51. The van der Waals surface area contributed by atoms with E-state index < -0.39 is 0 Å². The Bertz CT molecular complexity index is 99.0. The van der Waals surface area contributed by atoms with Crippen LogP contribution in [0.1, 0.15) is 33.1 Å². The molecule has 0 unspecified atom stereocenters. The smallest absolute Gasteiger partial charge is 0.123 e. The van der Waals surface area contributed by atoms with Crippen LogP contribution in [0.5, 0.6) is 0 Å². The van der Waals surface area contributed by atoms with Gasteiger partial charge in [0.05, 0.1) is 0 Å². The molecule has 0 rings (SSSR count). The molecule has 0 aliphatic heterocycles. The molecule has 0 amide bonds. The first-order valence-electron chi connectivity index (χ1n) is 3.08. The summed E-state index contributed by atoms with van der Waals surface area (Å²) in [6.45, 7) is 4.04. The van der Waals surface area contributed by atoms with Crippen molar-refractivity contribution in [3.8, 4) is 0 Å². The SMILES string of the molecule is CCCC(=C=O)CC. The van der Waals surface area contributed by atoms with Crippen LogP contribution >= 0.6 is 0 Å². The molecule has 8 heavy (non-hydrogen) atoms. The van der Waals surface area contributed by atoms with Gasteiger partial charge in [-0.3, -0.25) is 0 Å². The molecule has 0 aromatic carbocycles. The van der Waals surface area contributed by atoms with Crippen LogP contribution in [0, 0.1) is 0 Å². The van der Waals surface area contributed by atoms with Crippen LogP contribution in [0.2, 0.25) is 0 Å². The summed E-state index contributed by atoms with van der Waals surface area (Å²) in [6.07, 6.45) is 2.83. The van der Waals surface area contributed by atoms with Gasteiger partial charge in [-0.15, -0.1) is 0 Å². The quantitative estimate of drug-likeness (QED) is 0.510. The zero-order chi connectivity index (χ0) is 6.41. The summed E-state index contributed by atoms with van der Waals surface area (Å²) < 4.78 is 0. The van der Waals surface area contributed by atoms with Crippen molar-refractivity contribution in [1.82, 2.24) is 0 Å². The predicted octanol–water partition coefficient (Wildman–Crippen LogP) is 1.95. The summed E-state index contributed by atoms with van der Waals surface area (Å²) in [6, 6.07) is 0. The average Bonchev–Trinajstić information content (AvgIpc) is 1.83. The van der Waals surface area contributed by atoms with Gasteiger partial charge in [0.25, 0.3) is 0 Å². The van der Waals surface area contributed by atoms with E-state index in [1.807, 2.05) is 12.9 Å². The van der Waals surface area contributed by atoms with Gasteiger partial charge in [0.1, 0.15) is 5.94 Å². The van der Waals surface area contributed by atoms with Crippen LogP contribution in [-0.2, 0) is 4.79 Å². The topological polar surface area (TPSA) is 17.1 Å². The lowest BCUT2D eigenvalue weighted by Gasteiger charge is -1.91. The van der Waals surface area contributed by atoms with E-state index in [0.717, 1.165) is 24.8 Å². The minimum atomic E-state index is 0.858. The van der Waals surface area contributed by atoms with Crippen molar-refractivity contribution < 1.29 is 4.79 Å². The monoisotopic (exact) mass is 112 g/mol. The lowest BCUT2D eigenvalue weighted by molar-refractivity contribution is 0.564. The fourth-order valence-corrected chi connectivity index (χ4v) is 0.602. The molecule has 0 radical (unpaired) electrons. The maximum absolute atomic E-state index is 9.96. The Kier molecular flexibility index (Phi) is 4.29. The third kappa shape index (κ3) is 2.59. The minimum Gasteiger partial charge on any atom is -0.234 e. The van der Waals surface area contributed by atoms with Crippen molar-refractivity contribution >= 4 is 5.94 Å². The van der Waals surface area contributed by atoms with Crippen molar-refractivity contribution in [3.63, 3.8) is 0 Å². The molecule has 0 aromatic rings. The van der Waals surface area contributed by atoms with E-state index in [-0.39, 0.29) is 0 Å². The lowest BCUT2D eigenvalue weighted by Crippen LogP contribution is -1.78. The van der Waals surface area contributed by atoms with Crippen LogP contribution in [0.3, 0.4) is 0 Å². The summed E-state index contributed by atoms with van der Waals surface area (Å²) >= 11 is 0.